The van der Waals surface area contributed by atoms with Crippen LogP contribution in [0.2, 0.25) is 0 Å². The third-order valence-corrected chi connectivity index (χ3v) is 1.73. The number of Topliss-reactive ketones (excluding diaryl/α,β-unsaturated/α-hetero) is 1. The van der Waals surface area contributed by atoms with Crippen LogP contribution < -0.4 is 5.73 Å². The molecule has 0 spiro atoms. The summed E-state index contributed by atoms with van der Waals surface area (Å²) < 4.78 is 25.1. The van der Waals surface area contributed by atoms with Crippen molar-refractivity contribution in [3.63, 3.8) is 0 Å². The molecule has 1 rings (SSSR count). The second-order valence-corrected chi connectivity index (χ2v) is 2.74. The fraction of sp³-hybridized carbons (Fsp3) is 0.222. The molecular weight excluding hydrogens is 192 g/mol. The zero-order valence-electron chi connectivity index (χ0n) is 7.21. The fourth-order valence-electron chi connectivity index (χ4n) is 0.949. The van der Waals surface area contributed by atoms with Crippen molar-refractivity contribution < 1.29 is 18.7 Å². The summed E-state index contributed by atoms with van der Waals surface area (Å²) in [5.41, 5.74) is 4.94. The standard InChI is InChI=1S/C9H9F2NO2/c10-6-2-1-5(3-7(6)11)9(14)8(13)4-12/h1-3,8,13H,4,12H2. The zero-order valence-corrected chi connectivity index (χ0v) is 7.21. The maximum Gasteiger partial charge on any atom is 0.192 e. The van der Waals surface area contributed by atoms with E-state index in [0.717, 1.165) is 18.2 Å². The van der Waals surface area contributed by atoms with Gasteiger partial charge in [-0.3, -0.25) is 4.79 Å². The molecule has 0 amide bonds. The first-order chi connectivity index (χ1) is 6.56. The molecule has 0 radical (unpaired) electrons. The Hall–Kier alpha value is -1.33. The van der Waals surface area contributed by atoms with Gasteiger partial charge in [-0.15, -0.1) is 0 Å². The molecule has 5 heteroatoms. The van der Waals surface area contributed by atoms with Gasteiger partial charge in [0, 0.05) is 12.1 Å². The molecule has 0 saturated heterocycles. The predicted octanol–water partition coefficient (Wildman–Crippen LogP) is 0.467. The molecule has 0 heterocycles. The zero-order chi connectivity index (χ0) is 10.7. The first-order valence-electron chi connectivity index (χ1n) is 3.93. The van der Waals surface area contributed by atoms with Gasteiger partial charge in [0.05, 0.1) is 0 Å². The molecule has 76 valence electrons. The molecule has 3 N–H and O–H groups in total. The van der Waals surface area contributed by atoms with Crippen LogP contribution in [-0.4, -0.2) is 23.5 Å². The smallest absolute Gasteiger partial charge is 0.192 e. The number of hydrogen-bond acceptors (Lipinski definition) is 3. The minimum absolute atomic E-state index is 0.0955. The van der Waals surface area contributed by atoms with Gasteiger partial charge in [0.15, 0.2) is 17.4 Å². The van der Waals surface area contributed by atoms with Crippen LogP contribution in [0.3, 0.4) is 0 Å². The third kappa shape index (κ3) is 2.12. The molecule has 0 bridgehead atoms. The van der Waals surface area contributed by atoms with Crippen LogP contribution in [0.25, 0.3) is 0 Å². The summed E-state index contributed by atoms with van der Waals surface area (Å²) in [6, 6.07) is 2.65. The van der Waals surface area contributed by atoms with Crippen LogP contribution in [0.5, 0.6) is 0 Å². The number of ketones is 1. The fourth-order valence-corrected chi connectivity index (χ4v) is 0.949. The van der Waals surface area contributed by atoms with Gasteiger partial charge in [0.1, 0.15) is 6.10 Å². The Morgan fingerprint density at radius 3 is 2.57 bits per heavy atom. The monoisotopic (exact) mass is 201 g/mol. The van der Waals surface area contributed by atoms with Crippen molar-refractivity contribution in [1.29, 1.82) is 0 Å². The molecule has 1 aromatic rings. The Labute approximate surface area is 79.2 Å². The Balaban J connectivity index is 2.97. The normalized spacial score (nSPS) is 12.6. The van der Waals surface area contributed by atoms with Crippen molar-refractivity contribution in [3.8, 4) is 0 Å². The lowest BCUT2D eigenvalue weighted by atomic mass is 10.1. The Bertz CT molecular complexity index is 355. The van der Waals surface area contributed by atoms with Gasteiger partial charge in [-0.2, -0.15) is 0 Å². The topological polar surface area (TPSA) is 63.3 Å². The number of carbonyl (C=O) groups is 1. The van der Waals surface area contributed by atoms with E-state index < -0.39 is 23.5 Å². The van der Waals surface area contributed by atoms with E-state index in [1.807, 2.05) is 0 Å². The van der Waals surface area contributed by atoms with Crippen molar-refractivity contribution in [1.82, 2.24) is 0 Å². The molecule has 0 fully saturated rings. The maximum atomic E-state index is 12.7. The molecule has 14 heavy (non-hydrogen) atoms. The largest absolute Gasteiger partial charge is 0.384 e. The lowest BCUT2D eigenvalue weighted by Crippen LogP contribution is -2.29. The lowest BCUT2D eigenvalue weighted by Gasteiger charge is -2.06. The minimum Gasteiger partial charge on any atom is -0.384 e. The molecule has 1 atom stereocenters. The first kappa shape index (κ1) is 10.7. The van der Waals surface area contributed by atoms with Gasteiger partial charge in [-0.25, -0.2) is 8.78 Å². The summed E-state index contributed by atoms with van der Waals surface area (Å²) in [4.78, 5) is 11.2. The number of aliphatic hydroxyl groups excluding tert-OH is 1. The van der Waals surface area contributed by atoms with Crippen LogP contribution in [-0.2, 0) is 0 Å². The molecule has 0 saturated carbocycles. The first-order valence-corrected chi connectivity index (χ1v) is 3.93. The van der Waals surface area contributed by atoms with Crippen LogP contribution in [0, 0.1) is 11.6 Å². The quantitative estimate of drug-likeness (QED) is 0.698. The van der Waals surface area contributed by atoms with Gasteiger partial charge in [0.25, 0.3) is 0 Å². The van der Waals surface area contributed by atoms with E-state index in [0.29, 0.717) is 0 Å². The maximum absolute atomic E-state index is 12.7. The summed E-state index contributed by atoms with van der Waals surface area (Å²) in [5.74, 6) is -2.88. The number of rotatable bonds is 3. The molecule has 0 aliphatic carbocycles. The number of aliphatic hydroxyl groups is 1. The van der Waals surface area contributed by atoms with Crippen molar-refractivity contribution in [3.05, 3.63) is 35.4 Å². The number of hydrogen-bond donors (Lipinski definition) is 2. The molecular formula is C9H9F2NO2. The van der Waals surface area contributed by atoms with E-state index in [2.05, 4.69) is 0 Å². The van der Waals surface area contributed by atoms with E-state index in [4.69, 9.17) is 10.8 Å². The van der Waals surface area contributed by atoms with Crippen molar-refractivity contribution in [2.45, 2.75) is 6.10 Å². The van der Waals surface area contributed by atoms with E-state index >= 15 is 0 Å². The van der Waals surface area contributed by atoms with Crippen LogP contribution in [0.4, 0.5) is 8.78 Å². The molecule has 0 aromatic heterocycles. The van der Waals surface area contributed by atoms with Crippen molar-refractivity contribution in [2.24, 2.45) is 5.73 Å². The predicted molar refractivity (Wildman–Crippen MR) is 45.7 cm³/mol. The Morgan fingerprint density at radius 1 is 1.43 bits per heavy atom. The van der Waals surface area contributed by atoms with Crippen LogP contribution in [0.15, 0.2) is 18.2 Å². The van der Waals surface area contributed by atoms with Crippen molar-refractivity contribution in [2.75, 3.05) is 6.54 Å². The molecule has 1 aromatic carbocycles. The third-order valence-electron chi connectivity index (χ3n) is 1.73. The highest BCUT2D eigenvalue weighted by Crippen LogP contribution is 2.10. The number of carbonyl (C=O) groups excluding carboxylic acids is 1. The van der Waals surface area contributed by atoms with Crippen LogP contribution in [0.1, 0.15) is 10.4 Å². The number of benzene rings is 1. The number of halogens is 2. The van der Waals surface area contributed by atoms with E-state index in [1.54, 1.807) is 0 Å². The summed E-state index contributed by atoms with van der Waals surface area (Å²) in [6.07, 6.45) is -1.38. The SMILES string of the molecule is NCC(O)C(=O)c1ccc(F)c(F)c1. The highest BCUT2D eigenvalue weighted by molar-refractivity contribution is 5.99. The minimum atomic E-state index is -1.38. The van der Waals surface area contributed by atoms with Crippen molar-refractivity contribution >= 4 is 5.78 Å². The highest BCUT2D eigenvalue weighted by Gasteiger charge is 2.16. The van der Waals surface area contributed by atoms with E-state index in [-0.39, 0.29) is 12.1 Å². The molecule has 0 aliphatic rings. The molecule has 1 unspecified atom stereocenters. The number of nitrogens with two attached hydrogens (primary N) is 1. The molecule has 0 aliphatic heterocycles. The summed E-state index contributed by atoms with van der Waals surface area (Å²) in [6.45, 7) is -0.252. The van der Waals surface area contributed by atoms with Gasteiger partial charge < -0.3 is 10.8 Å². The Kier molecular flexibility index (Phi) is 3.27. The second kappa shape index (κ2) is 4.26. The highest BCUT2D eigenvalue weighted by atomic mass is 19.2. The van der Waals surface area contributed by atoms with Gasteiger partial charge in [0.2, 0.25) is 0 Å². The van der Waals surface area contributed by atoms with Crippen LogP contribution >= 0.6 is 0 Å². The lowest BCUT2D eigenvalue weighted by molar-refractivity contribution is 0.0762. The summed E-state index contributed by atoms with van der Waals surface area (Å²) in [5, 5.41) is 9.05. The summed E-state index contributed by atoms with van der Waals surface area (Å²) in [7, 11) is 0. The average Bonchev–Trinajstić information content (AvgIpc) is 2.20. The molecule has 3 nitrogen and oxygen atoms in total. The second-order valence-electron chi connectivity index (χ2n) is 2.74. The average molecular weight is 201 g/mol. The van der Waals surface area contributed by atoms with Gasteiger partial charge >= 0.3 is 0 Å². The van der Waals surface area contributed by atoms with Gasteiger partial charge in [-0.1, -0.05) is 0 Å². The van der Waals surface area contributed by atoms with E-state index in [9.17, 15) is 13.6 Å². The summed E-state index contributed by atoms with van der Waals surface area (Å²) >= 11 is 0. The van der Waals surface area contributed by atoms with Gasteiger partial charge in [-0.05, 0) is 18.2 Å². The Morgan fingerprint density at radius 2 is 2.07 bits per heavy atom. The van der Waals surface area contributed by atoms with E-state index in [1.165, 1.54) is 0 Å².